The van der Waals surface area contributed by atoms with Crippen LogP contribution in [-0.4, -0.2) is 24.2 Å². The van der Waals surface area contributed by atoms with Crippen molar-refractivity contribution in [2.45, 2.75) is 31.8 Å². The molecule has 2 bridgehead atoms. The standard InChI is InChI=1S/C16H20ClNO3/c1-21-13-6-9(2-5-12(13)17)8-18-15-11-4-3-10(7-11)14(15)16(19)20/h2,5-6,10-11,14-15,18H,3-4,7-8H2,1H3,(H,19,20)/t10-,11+,14+,15-/m0/s1. The summed E-state index contributed by atoms with van der Waals surface area (Å²) in [6.45, 7) is 0.644. The van der Waals surface area contributed by atoms with E-state index in [1.807, 2.05) is 18.2 Å². The Labute approximate surface area is 129 Å². The second kappa shape index (κ2) is 5.85. The molecule has 2 aliphatic rings. The number of halogens is 1. The number of fused-ring (bicyclic) bond motifs is 2. The normalized spacial score (nSPS) is 30.6. The molecule has 1 aromatic carbocycles. The number of hydrogen-bond donors (Lipinski definition) is 2. The van der Waals surface area contributed by atoms with Crippen molar-refractivity contribution in [2.24, 2.45) is 17.8 Å². The molecule has 2 saturated carbocycles. The summed E-state index contributed by atoms with van der Waals surface area (Å²) in [5, 5.41) is 13.5. The van der Waals surface area contributed by atoms with Crippen LogP contribution in [0.4, 0.5) is 0 Å². The summed E-state index contributed by atoms with van der Waals surface area (Å²) in [5.74, 6) is 0.611. The van der Waals surface area contributed by atoms with Crippen molar-refractivity contribution in [3.63, 3.8) is 0 Å². The van der Waals surface area contributed by atoms with Gasteiger partial charge in [0.25, 0.3) is 0 Å². The zero-order chi connectivity index (χ0) is 15.0. The highest BCUT2D eigenvalue weighted by Crippen LogP contribution is 2.48. The Bertz CT molecular complexity index is 548. The molecule has 21 heavy (non-hydrogen) atoms. The Morgan fingerprint density at radius 3 is 2.90 bits per heavy atom. The summed E-state index contributed by atoms with van der Waals surface area (Å²) in [7, 11) is 1.59. The molecule has 0 unspecified atom stereocenters. The predicted octanol–water partition coefficient (Wildman–Crippen LogP) is 2.94. The first kappa shape index (κ1) is 14.7. The maximum absolute atomic E-state index is 11.5. The molecule has 2 N–H and O–H groups in total. The van der Waals surface area contributed by atoms with Gasteiger partial charge in [0.2, 0.25) is 0 Å². The van der Waals surface area contributed by atoms with E-state index in [-0.39, 0.29) is 12.0 Å². The highest BCUT2D eigenvalue weighted by Gasteiger charge is 2.50. The molecule has 0 amide bonds. The maximum atomic E-state index is 11.5. The van der Waals surface area contributed by atoms with Gasteiger partial charge in [-0.15, -0.1) is 0 Å². The van der Waals surface area contributed by atoms with Crippen molar-refractivity contribution >= 4 is 17.6 Å². The first-order valence-electron chi connectivity index (χ1n) is 7.38. The largest absolute Gasteiger partial charge is 0.495 e. The fraction of sp³-hybridized carbons (Fsp3) is 0.562. The Balaban J connectivity index is 1.68. The minimum Gasteiger partial charge on any atom is -0.495 e. The van der Waals surface area contributed by atoms with E-state index >= 15 is 0 Å². The summed E-state index contributed by atoms with van der Waals surface area (Å²) < 4.78 is 5.21. The topological polar surface area (TPSA) is 58.6 Å². The van der Waals surface area contributed by atoms with Crippen molar-refractivity contribution in [2.75, 3.05) is 7.11 Å². The van der Waals surface area contributed by atoms with Crippen LogP contribution in [0.25, 0.3) is 0 Å². The van der Waals surface area contributed by atoms with E-state index in [2.05, 4.69) is 5.32 Å². The molecule has 0 aliphatic heterocycles. The Hall–Kier alpha value is -1.26. The minimum atomic E-state index is -0.659. The smallest absolute Gasteiger partial charge is 0.308 e. The monoisotopic (exact) mass is 309 g/mol. The van der Waals surface area contributed by atoms with Crippen LogP contribution in [0.1, 0.15) is 24.8 Å². The van der Waals surface area contributed by atoms with Crippen LogP contribution in [0.5, 0.6) is 5.75 Å². The summed E-state index contributed by atoms with van der Waals surface area (Å²) in [4.78, 5) is 11.5. The molecule has 0 saturated heterocycles. The van der Waals surface area contributed by atoms with E-state index < -0.39 is 5.97 Å². The molecule has 5 heteroatoms. The van der Waals surface area contributed by atoms with Crippen LogP contribution < -0.4 is 10.1 Å². The fourth-order valence-corrected chi connectivity index (χ4v) is 4.18. The lowest BCUT2D eigenvalue weighted by atomic mass is 9.84. The number of hydrogen-bond acceptors (Lipinski definition) is 3. The lowest BCUT2D eigenvalue weighted by molar-refractivity contribution is -0.144. The first-order valence-corrected chi connectivity index (χ1v) is 7.76. The summed E-state index contributed by atoms with van der Waals surface area (Å²) >= 11 is 6.02. The van der Waals surface area contributed by atoms with Gasteiger partial charge in [-0.2, -0.15) is 0 Å². The SMILES string of the molecule is COc1cc(CN[C@H]2[C@@H]3CC[C@@H](C3)[C@H]2C(=O)O)ccc1Cl. The van der Waals surface area contributed by atoms with E-state index in [1.54, 1.807) is 7.11 Å². The number of benzene rings is 1. The number of carbonyl (C=O) groups is 1. The van der Waals surface area contributed by atoms with Crippen molar-refractivity contribution < 1.29 is 14.6 Å². The molecule has 4 atom stereocenters. The van der Waals surface area contributed by atoms with E-state index in [4.69, 9.17) is 16.3 Å². The van der Waals surface area contributed by atoms with Crippen LogP contribution in [-0.2, 0) is 11.3 Å². The molecule has 2 fully saturated rings. The van der Waals surface area contributed by atoms with Crippen LogP contribution in [0.3, 0.4) is 0 Å². The van der Waals surface area contributed by atoms with Gasteiger partial charge in [0.15, 0.2) is 0 Å². The van der Waals surface area contributed by atoms with Gasteiger partial charge in [0, 0.05) is 12.6 Å². The van der Waals surface area contributed by atoms with Gasteiger partial charge in [-0.05, 0) is 48.8 Å². The average Bonchev–Trinajstić information content (AvgIpc) is 3.06. The van der Waals surface area contributed by atoms with E-state index in [0.717, 1.165) is 24.8 Å². The number of methoxy groups -OCH3 is 1. The van der Waals surface area contributed by atoms with Gasteiger partial charge >= 0.3 is 5.97 Å². The minimum absolute atomic E-state index is 0.0860. The lowest BCUT2D eigenvalue weighted by Crippen LogP contribution is -2.43. The molecular weight excluding hydrogens is 290 g/mol. The molecule has 1 aromatic rings. The van der Waals surface area contributed by atoms with Gasteiger partial charge in [0.05, 0.1) is 18.1 Å². The fourth-order valence-electron chi connectivity index (χ4n) is 3.99. The number of carboxylic acids is 1. The summed E-state index contributed by atoms with van der Waals surface area (Å²) in [6, 6.07) is 5.74. The summed E-state index contributed by atoms with van der Waals surface area (Å²) in [6.07, 6.45) is 3.27. The third-order valence-electron chi connectivity index (χ3n) is 4.96. The van der Waals surface area contributed by atoms with Crippen LogP contribution >= 0.6 is 11.6 Å². The molecule has 2 aliphatic carbocycles. The van der Waals surface area contributed by atoms with Crippen LogP contribution in [0.15, 0.2) is 18.2 Å². The Kier molecular flexibility index (Phi) is 4.09. The second-order valence-corrected chi connectivity index (χ2v) is 6.48. The van der Waals surface area contributed by atoms with Gasteiger partial charge in [-0.3, -0.25) is 4.79 Å². The average molecular weight is 310 g/mol. The Morgan fingerprint density at radius 2 is 2.19 bits per heavy atom. The number of nitrogens with one attached hydrogen (secondary N) is 1. The summed E-state index contributed by atoms with van der Waals surface area (Å²) in [5.41, 5.74) is 1.06. The molecular formula is C16H20ClNO3. The predicted molar refractivity (Wildman–Crippen MR) is 80.6 cm³/mol. The molecule has 0 aromatic heterocycles. The zero-order valence-corrected chi connectivity index (χ0v) is 12.8. The van der Waals surface area contributed by atoms with E-state index in [1.165, 1.54) is 0 Å². The number of carboxylic acid groups (broad SMARTS) is 1. The first-order chi connectivity index (χ1) is 10.1. The molecule has 114 valence electrons. The highest BCUT2D eigenvalue weighted by molar-refractivity contribution is 6.32. The van der Waals surface area contributed by atoms with Gasteiger partial charge < -0.3 is 15.2 Å². The zero-order valence-electron chi connectivity index (χ0n) is 12.0. The molecule has 0 radical (unpaired) electrons. The van der Waals surface area contributed by atoms with Gasteiger partial charge in [-0.25, -0.2) is 0 Å². The van der Waals surface area contributed by atoms with E-state index in [9.17, 15) is 9.90 Å². The van der Waals surface area contributed by atoms with Crippen molar-refractivity contribution in [3.8, 4) is 5.75 Å². The number of rotatable bonds is 5. The van der Waals surface area contributed by atoms with Gasteiger partial charge in [-0.1, -0.05) is 17.7 Å². The van der Waals surface area contributed by atoms with Crippen molar-refractivity contribution in [1.82, 2.24) is 5.32 Å². The number of ether oxygens (including phenoxy) is 1. The molecule has 0 spiro atoms. The molecule has 4 nitrogen and oxygen atoms in total. The van der Waals surface area contributed by atoms with E-state index in [0.29, 0.717) is 29.2 Å². The second-order valence-electron chi connectivity index (χ2n) is 6.07. The van der Waals surface area contributed by atoms with Crippen LogP contribution in [0, 0.1) is 17.8 Å². The third-order valence-corrected chi connectivity index (χ3v) is 5.27. The van der Waals surface area contributed by atoms with Gasteiger partial charge in [0.1, 0.15) is 5.75 Å². The molecule has 0 heterocycles. The highest BCUT2D eigenvalue weighted by atomic mass is 35.5. The molecule has 3 rings (SSSR count). The Morgan fingerprint density at radius 1 is 1.43 bits per heavy atom. The van der Waals surface area contributed by atoms with Crippen molar-refractivity contribution in [1.29, 1.82) is 0 Å². The number of aliphatic carboxylic acids is 1. The quantitative estimate of drug-likeness (QED) is 0.878. The third kappa shape index (κ3) is 2.74. The van der Waals surface area contributed by atoms with Crippen LogP contribution in [0.2, 0.25) is 5.02 Å². The maximum Gasteiger partial charge on any atom is 0.308 e. The van der Waals surface area contributed by atoms with Crippen molar-refractivity contribution in [3.05, 3.63) is 28.8 Å². The lowest BCUT2D eigenvalue weighted by Gasteiger charge is -2.29.